The largest absolute Gasteiger partial charge is 0.438 e. The van der Waals surface area contributed by atoms with Gasteiger partial charge in [-0.05, 0) is 32.1 Å². The number of primary amides is 1. The van der Waals surface area contributed by atoms with Gasteiger partial charge in [0.15, 0.2) is 0 Å². The van der Waals surface area contributed by atoms with E-state index in [2.05, 4.69) is 26.8 Å². The van der Waals surface area contributed by atoms with Crippen LogP contribution < -0.4 is 15.4 Å². The summed E-state index contributed by atoms with van der Waals surface area (Å²) in [5.41, 5.74) is 5.70. The molecule has 7 heteroatoms. The van der Waals surface area contributed by atoms with Gasteiger partial charge in [0.25, 0.3) is 5.91 Å². The van der Waals surface area contributed by atoms with Crippen LogP contribution in [0.1, 0.15) is 16.8 Å². The topological polar surface area (TPSA) is 84.6 Å². The number of hydrogen-bond donors (Lipinski definition) is 1. The van der Waals surface area contributed by atoms with Crippen molar-refractivity contribution >= 4 is 11.7 Å². The number of nitrogens with two attached hydrogens (primary N) is 1. The van der Waals surface area contributed by atoms with Crippen LogP contribution >= 0.6 is 0 Å². The van der Waals surface area contributed by atoms with Crippen molar-refractivity contribution in [1.82, 2.24) is 14.9 Å². The molecule has 0 radical (unpaired) electrons. The van der Waals surface area contributed by atoms with E-state index in [0.29, 0.717) is 23.2 Å². The minimum atomic E-state index is -0.536. The van der Waals surface area contributed by atoms with E-state index in [-0.39, 0.29) is 0 Å². The van der Waals surface area contributed by atoms with Crippen LogP contribution in [0.3, 0.4) is 0 Å². The second-order valence-electron chi connectivity index (χ2n) is 5.99. The van der Waals surface area contributed by atoms with Gasteiger partial charge in [0, 0.05) is 25.7 Å². The standard InChI is InChI=1S/C17H21N5O2/c1-21-8-7-12(10-21)22(2)15-9-16(20-11-19-15)24-14-6-4-3-5-13(14)17(18)23/h3-6,9,11-12H,7-8,10H2,1-2H3,(H2,18,23). The third-order valence-corrected chi connectivity index (χ3v) is 4.27. The lowest BCUT2D eigenvalue weighted by Gasteiger charge is -2.25. The zero-order valence-corrected chi connectivity index (χ0v) is 13.8. The number of carbonyl (C=O) groups excluding carboxylic acids is 1. The Kier molecular flexibility index (Phi) is 4.61. The van der Waals surface area contributed by atoms with Crippen molar-refractivity contribution in [1.29, 1.82) is 0 Å². The predicted octanol–water partition coefficient (Wildman–Crippen LogP) is 1.51. The van der Waals surface area contributed by atoms with E-state index in [9.17, 15) is 4.79 Å². The second kappa shape index (κ2) is 6.84. The first kappa shape index (κ1) is 16.2. The number of para-hydroxylation sites is 1. The third-order valence-electron chi connectivity index (χ3n) is 4.27. The van der Waals surface area contributed by atoms with E-state index in [1.165, 1.54) is 6.33 Å². The summed E-state index contributed by atoms with van der Waals surface area (Å²) in [6, 6.07) is 9.02. The highest BCUT2D eigenvalue weighted by atomic mass is 16.5. The summed E-state index contributed by atoms with van der Waals surface area (Å²) in [5, 5.41) is 0. The van der Waals surface area contributed by atoms with E-state index < -0.39 is 5.91 Å². The number of hydrogen-bond acceptors (Lipinski definition) is 6. The molecule has 1 aliphatic heterocycles. The molecule has 7 nitrogen and oxygen atoms in total. The van der Waals surface area contributed by atoms with Gasteiger partial charge in [-0.15, -0.1) is 0 Å². The van der Waals surface area contributed by atoms with Crippen LogP contribution in [0.5, 0.6) is 11.6 Å². The van der Waals surface area contributed by atoms with Crippen LogP contribution in [0.25, 0.3) is 0 Å². The SMILES string of the molecule is CN1CCC(N(C)c2cc(Oc3ccccc3C(N)=O)ncn2)C1. The summed E-state index contributed by atoms with van der Waals surface area (Å²) in [7, 11) is 4.14. The van der Waals surface area contributed by atoms with E-state index in [1.807, 2.05) is 7.05 Å². The smallest absolute Gasteiger partial charge is 0.252 e. The normalized spacial score (nSPS) is 17.7. The Morgan fingerprint density at radius 1 is 1.38 bits per heavy atom. The Hall–Kier alpha value is -2.67. The highest BCUT2D eigenvalue weighted by Crippen LogP contribution is 2.26. The fourth-order valence-electron chi connectivity index (χ4n) is 2.87. The van der Waals surface area contributed by atoms with Crippen molar-refractivity contribution < 1.29 is 9.53 Å². The number of anilines is 1. The fraction of sp³-hybridized carbons (Fsp3) is 0.353. The fourth-order valence-corrected chi connectivity index (χ4v) is 2.87. The van der Waals surface area contributed by atoms with E-state index in [1.54, 1.807) is 30.3 Å². The lowest BCUT2D eigenvalue weighted by molar-refractivity contribution is 0.0998. The lowest BCUT2D eigenvalue weighted by atomic mass is 10.2. The van der Waals surface area contributed by atoms with Crippen LogP contribution in [0.4, 0.5) is 5.82 Å². The average Bonchev–Trinajstić information content (AvgIpc) is 3.01. The minimum Gasteiger partial charge on any atom is -0.438 e. The van der Waals surface area contributed by atoms with Gasteiger partial charge in [0.1, 0.15) is 17.9 Å². The first-order chi connectivity index (χ1) is 11.5. The van der Waals surface area contributed by atoms with Crippen LogP contribution in [0.15, 0.2) is 36.7 Å². The average molecular weight is 327 g/mol. The number of aromatic nitrogens is 2. The van der Waals surface area contributed by atoms with Gasteiger partial charge in [-0.25, -0.2) is 9.97 Å². The van der Waals surface area contributed by atoms with E-state index >= 15 is 0 Å². The predicted molar refractivity (Wildman–Crippen MR) is 91.4 cm³/mol. The summed E-state index contributed by atoms with van der Waals surface area (Å²) in [6.45, 7) is 2.08. The Morgan fingerprint density at radius 3 is 2.88 bits per heavy atom. The summed E-state index contributed by atoms with van der Waals surface area (Å²) >= 11 is 0. The first-order valence-electron chi connectivity index (χ1n) is 7.84. The summed E-state index contributed by atoms with van der Waals surface area (Å²) in [5.74, 6) is 1.02. The zero-order chi connectivity index (χ0) is 17.1. The summed E-state index contributed by atoms with van der Waals surface area (Å²) in [4.78, 5) is 24.4. The third kappa shape index (κ3) is 3.46. The first-order valence-corrected chi connectivity index (χ1v) is 7.84. The number of benzene rings is 1. The van der Waals surface area contributed by atoms with Crippen molar-refractivity contribution in [2.45, 2.75) is 12.5 Å². The number of amides is 1. The van der Waals surface area contributed by atoms with Crippen LogP contribution in [-0.4, -0.2) is 54.0 Å². The van der Waals surface area contributed by atoms with Gasteiger partial charge in [0.2, 0.25) is 5.88 Å². The number of ether oxygens (including phenoxy) is 1. The molecule has 1 aromatic heterocycles. The van der Waals surface area contributed by atoms with Crippen LogP contribution in [-0.2, 0) is 0 Å². The molecule has 1 atom stereocenters. The summed E-state index contributed by atoms with van der Waals surface area (Å²) in [6.07, 6.45) is 2.56. The molecule has 0 saturated carbocycles. The molecule has 1 fully saturated rings. The van der Waals surface area contributed by atoms with Crippen molar-refractivity contribution in [3.05, 3.63) is 42.2 Å². The van der Waals surface area contributed by atoms with Gasteiger partial charge in [-0.1, -0.05) is 12.1 Å². The molecule has 1 amide bonds. The molecular formula is C17H21N5O2. The van der Waals surface area contributed by atoms with E-state index in [4.69, 9.17) is 10.5 Å². The lowest BCUT2D eigenvalue weighted by Crippen LogP contribution is -2.34. The van der Waals surface area contributed by atoms with Crippen LogP contribution in [0, 0.1) is 0 Å². The minimum absolute atomic E-state index is 0.323. The Morgan fingerprint density at radius 2 is 2.17 bits per heavy atom. The molecule has 3 rings (SSSR count). The Balaban J connectivity index is 1.80. The number of likely N-dealkylation sites (N-methyl/N-ethyl adjacent to an activating group) is 2. The second-order valence-corrected chi connectivity index (χ2v) is 5.99. The molecule has 0 aliphatic carbocycles. The Bertz CT molecular complexity index is 736. The van der Waals surface area contributed by atoms with Gasteiger partial charge >= 0.3 is 0 Å². The maximum Gasteiger partial charge on any atom is 0.252 e. The molecule has 1 aromatic carbocycles. The maximum absolute atomic E-state index is 11.5. The molecule has 1 unspecified atom stereocenters. The summed E-state index contributed by atoms with van der Waals surface area (Å²) < 4.78 is 5.76. The van der Waals surface area contributed by atoms with E-state index in [0.717, 1.165) is 25.3 Å². The van der Waals surface area contributed by atoms with Crippen LogP contribution in [0.2, 0.25) is 0 Å². The Labute approximate surface area is 141 Å². The highest BCUT2D eigenvalue weighted by Gasteiger charge is 2.24. The maximum atomic E-state index is 11.5. The molecule has 0 bridgehead atoms. The molecule has 2 heterocycles. The van der Waals surface area contributed by atoms with Crippen molar-refractivity contribution in [3.63, 3.8) is 0 Å². The quantitative estimate of drug-likeness (QED) is 0.896. The molecule has 2 aromatic rings. The number of carbonyl (C=O) groups is 1. The van der Waals surface area contributed by atoms with Gasteiger partial charge in [-0.3, -0.25) is 4.79 Å². The number of likely N-dealkylation sites (tertiary alicyclic amines) is 1. The number of nitrogens with zero attached hydrogens (tertiary/aromatic N) is 4. The van der Waals surface area contributed by atoms with Gasteiger partial charge < -0.3 is 20.3 Å². The number of rotatable bonds is 5. The van der Waals surface area contributed by atoms with Crippen molar-refractivity contribution in [2.75, 3.05) is 32.1 Å². The molecule has 126 valence electrons. The monoisotopic (exact) mass is 327 g/mol. The molecule has 1 saturated heterocycles. The van der Waals surface area contributed by atoms with Gasteiger partial charge in [0.05, 0.1) is 5.56 Å². The molecule has 0 spiro atoms. The molecule has 24 heavy (non-hydrogen) atoms. The molecule has 2 N–H and O–H groups in total. The molecule has 1 aliphatic rings. The van der Waals surface area contributed by atoms with Crippen molar-refractivity contribution in [3.8, 4) is 11.6 Å². The van der Waals surface area contributed by atoms with Crippen molar-refractivity contribution in [2.24, 2.45) is 5.73 Å². The zero-order valence-electron chi connectivity index (χ0n) is 13.8. The van der Waals surface area contributed by atoms with Gasteiger partial charge in [-0.2, -0.15) is 0 Å². The molecular weight excluding hydrogens is 306 g/mol. The highest BCUT2D eigenvalue weighted by molar-refractivity contribution is 5.95.